The number of hydrogen-bond donors (Lipinski definition) is 1. The molecule has 0 fully saturated rings. The van der Waals surface area contributed by atoms with Gasteiger partial charge in [0, 0.05) is 12.6 Å². The summed E-state index contributed by atoms with van der Waals surface area (Å²) in [5.74, 6) is 1.31. The molecule has 1 N–H and O–H groups in total. The van der Waals surface area contributed by atoms with Gasteiger partial charge < -0.3 is 10.1 Å². The third kappa shape index (κ3) is 3.38. The first-order valence-corrected chi connectivity index (χ1v) is 6.98. The molecule has 0 atom stereocenters. The first-order valence-electron chi connectivity index (χ1n) is 6.98. The Kier molecular flexibility index (Phi) is 4.24. The van der Waals surface area contributed by atoms with Crippen LogP contribution in [0.25, 0.3) is 5.69 Å². The number of aromatic nitrogens is 5. The van der Waals surface area contributed by atoms with Crippen molar-refractivity contribution in [2.45, 2.75) is 13.5 Å². The summed E-state index contributed by atoms with van der Waals surface area (Å²) in [5, 5.41) is 7.34. The molecule has 0 aliphatic heterocycles. The summed E-state index contributed by atoms with van der Waals surface area (Å²) in [6, 6.07) is 9.85. The number of hydrogen-bond acceptors (Lipinski definition) is 6. The lowest BCUT2D eigenvalue weighted by atomic mass is 10.2. The first kappa shape index (κ1) is 14.0. The van der Waals surface area contributed by atoms with E-state index in [1.807, 2.05) is 31.2 Å². The molecule has 0 radical (unpaired) electrons. The predicted octanol–water partition coefficient (Wildman–Crippen LogP) is 2.07. The second-order valence-corrected chi connectivity index (χ2v) is 4.53. The summed E-state index contributed by atoms with van der Waals surface area (Å²) >= 11 is 0. The molecule has 0 saturated heterocycles. The van der Waals surface area contributed by atoms with Crippen molar-refractivity contribution in [3.8, 4) is 11.6 Å². The van der Waals surface area contributed by atoms with Crippen LogP contribution < -0.4 is 10.1 Å². The lowest BCUT2D eigenvalue weighted by Gasteiger charge is -2.08. The molecule has 0 amide bonds. The second kappa shape index (κ2) is 6.66. The number of rotatable bonds is 6. The zero-order chi connectivity index (χ0) is 15.2. The zero-order valence-electron chi connectivity index (χ0n) is 12.2. The second-order valence-electron chi connectivity index (χ2n) is 4.53. The van der Waals surface area contributed by atoms with E-state index in [2.05, 4.69) is 25.4 Å². The Labute approximate surface area is 128 Å². The predicted molar refractivity (Wildman–Crippen MR) is 81.9 cm³/mol. The molecular weight excluding hydrogens is 280 g/mol. The first-order chi connectivity index (χ1) is 10.8. The van der Waals surface area contributed by atoms with E-state index in [1.54, 1.807) is 17.1 Å². The van der Waals surface area contributed by atoms with Crippen LogP contribution in [0.2, 0.25) is 0 Å². The molecule has 1 aromatic carbocycles. The average molecular weight is 296 g/mol. The van der Waals surface area contributed by atoms with Crippen LogP contribution >= 0.6 is 0 Å². The van der Waals surface area contributed by atoms with Gasteiger partial charge in [-0.3, -0.25) is 0 Å². The minimum Gasteiger partial charge on any atom is -0.478 e. The van der Waals surface area contributed by atoms with Crippen LogP contribution in [0.15, 0.2) is 49.3 Å². The molecule has 2 aromatic heterocycles. The molecule has 3 aromatic rings. The molecule has 0 unspecified atom stereocenters. The number of ether oxygens (including phenoxy) is 1. The van der Waals surface area contributed by atoms with Gasteiger partial charge >= 0.3 is 0 Å². The monoisotopic (exact) mass is 296 g/mol. The van der Waals surface area contributed by atoms with E-state index >= 15 is 0 Å². The largest absolute Gasteiger partial charge is 0.478 e. The molecule has 0 aliphatic rings. The fraction of sp³-hybridized carbons (Fsp3) is 0.200. The Morgan fingerprint density at radius 2 is 2.00 bits per heavy atom. The minimum absolute atomic E-state index is 0.571. The maximum absolute atomic E-state index is 5.35. The maximum atomic E-state index is 5.35. The number of benzene rings is 1. The van der Waals surface area contributed by atoms with Crippen molar-refractivity contribution in [1.82, 2.24) is 24.7 Å². The van der Waals surface area contributed by atoms with Crippen molar-refractivity contribution in [3.05, 3.63) is 54.9 Å². The van der Waals surface area contributed by atoms with Crippen LogP contribution in [-0.4, -0.2) is 31.3 Å². The van der Waals surface area contributed by atoms with E-state index in [9.17, 15) is 0 Å². The number of anilines is 1. The maximum Gasteiger partial charge on any atom is 0.218 e. The highest BCUT2D eigenvalue weighted by atomic mass is 16.5. The molecule has 7 heteroatoms. The highest BCUT2D eigenvalue weighted by Crippen LogP contribution is 2.13. The number of nitrogens with zero attached hydrogens (tertiary/aromatic N) is 5. The molecule has 0 aliphatic carbocycles. The van der Waals surface area contributed by atoms with Gasteiger partial charge in [0.05, 0.1) is 12.3 Å². The van der Waals surface area contributed by atoms with Gasteiger partial charge in [-0.25, -0.2) is 19.6 Å². The summed E-state index contributed by atoms with van der Waals surface area (Å²) in [6.07, 6.45) is 4.67. The summed E-state index contributed by atoms with van der Waals surface area (Å²) in [7, 11) is 0. The molecule has 0 bridgehead atoms. The quantitative estimate of drug-likeness (QED) is 0.750. The Morgan fingerprint density at radius 3 is 2.73 bits per heavy atom. The molecule has 112 valence electrons. The van der Waals surface area contributed by atoms with Crippen molar-refractivity contribution in [2.24, 2.45) is 0 Å². The number of nitrogens with one attached hydrogen (secondary N) is 1. The van der Waals surface area contributed by atoms with E-state index < -0.39 is 0 Å². The fourth-order valence-corrected chi connectivity index (χ4v) is 1.96. The molecule has 2 heterocycles. The van der Waals surface area contributed by atoms with Crippen molar-refractivity contribution >= 4 is 5.82 Å². The van der Waals surface area contributed by atoms with Gasteiger partial charge in [0.15, 0.2) is 0 Å². The van der Waals surface area contributed by atoms with Gasteiger partial charge in [-0.15, -0.1) is 0 Å². The summed E-state index contributed by atoms with van der Waals surface area (Å²) in [5.41, 5.74) is 2.11. The summed E-state index contributed by atoms with van der Waals surface area (Å²) < 4.78 is 7.07. The van der Waals surface area contributed by atoms with E-state index in [4.69, 9.17) is 4.74 Å². The molecule has 0 spiro atoms. The molecule has 3 rings (SSSR count). The summed E-state index contributed by atoms with van der Waals surface area (Å²) in [6.45, 7) is 3.17. The molecule has 22 heavy (non-hydrogen) atoms. The average Bonchev–Trinajstić information content (AvgIpc) is 3.09. The standard InChI is InChI=1S/C15H16N6O/c1-2-22-15-7-14(18-10-19-15)17-8-12-3-5-13(6-4-12)21-11-16-9-20-21/h3-7,9-11H,2,8H2,1H3,(H,17,18,19). The van der Waals surface area contributed by atoms with Crippen LogP contribution in [0, 0.1) is 0 Å². The van der Waals surface area contributed by atoms with E-state index in [0.29, 0.717) is 19.0 Å². The lowest BCUT2D eigenvalue weighted by molar-refractivity contribution is 0.326. The third-order valence-electron chi connectivity index (χ3n) is 3.03. The van der Waals surface area contributed by atoms with Crippen molar-refractivity contribution in [1.29, 1.82) is 0 Å². The van der Waals surface area contributed by atoms with Crippen LogP contribution in [0.3, 0.4) is 0 Å². The van der Waals surface area contributed by atoms with Crippen molar-refractivity contribution in [3.63, 3.8) is 0 Å². The van der Waals surface area contributed by atoms with Crippen LogP contribution in [0.1, 0.15) is 12.5 Å². The Morgan fingerprint density at radius 1 is 1.14 bits per heavy atom. The summed E-state index contributed by atoms with van der Waals surface area (Å²) in [4.78, 5) is 12.1. The molecular formula is C15H16N6O. The van der Waals surface area contributed by atoms with Gasteiger partial charge in [0.1, 0.15) is 24.8 Å². The lowest BCUT2D eigenvalue weighted by Crippen LogP contribution is -2.03. The van der Waals surface area contributed by atoms with Crippen LogP contribution in [0.4, 0.5) is 5.82 Å². The topological polar surface area (TPSA) is 77.8 Å². The van der Waals surface area contributed by atoms with Gasteiger partial charge in [-0.1, -0.05) is 12.1 Å². The van der Waals surface area contributed by atoms with E-state index in [1.165, 1.54) is 12.7 Å². The van der Waals surface area contributed by atoms with Crippen molar-refractivity contribution < 1.29 is 4.74 Å². The van der Waals surface area contributed by atoms with Gasteiger partial charge in [-0.05, 0) is 24.6 Å². The molecule has 7 nitrogen and oxygen atoms in total. The normalized spacial score (nSPS) is 10.4. The highest BCUT2D eigenvalue weighted by Gasteiger charge is 2.01. The Bertz CT molecular complexity index is 711. The zero-order valence-corrected chi connectivity index (χ0v) is 12.2. The smallest absolute Gasteiger partial charge is 0.218 e. The van der Waals surface area contributed by atoms with Gasteiger partial charge in [0.25, 0.3) is 0 Å². The highest BCUT2D eigenvalue weighted by molar-refractivity contribution is 5.39. The van der Waals surface area contributed by atoms with Gasteiger partial charge in [0.2, 0.25) is 5.88 Å². The van der Waals surface area contributed by atoms with Crippen LogP contribution in [-0.2, 0) is 6.54 Å². The third-order valence-corrected chi connectivity index (χ3v) is 3.03. The van der Waals surface area contributed by atoms with Gasteiger partial charge in [-0.2, -0.15) is 5.10 Å². The van der Waals surface area contributed by atoms with Crippen LogP contribution in [0.5, 0.6) is 5.88 Å². The van der Waals surface area contributed by atoms with E-state index in [-0.39, 0.29) is 0 Å². The Balaban J connectivity index is 1.63. The minimum atomic E-state index is 0.571. The van der Waals surface area contributed by atoms with Crippen molar-refractivity contribution in [2.75, 3.05) is 11.9 Å². The fourth-order valence-electron chi connectivity index (χ4n) is 1.96. The van der Waals surface area contributed by atoms with E-state index in [0.717, 1.165) is 17.1 Å². The molecule has 0 saturated carbocycles. The SMILES string of the molecule is CCOc1cc(NCc2ccc(-n3cncn3)cc2)ncn1. The Hall–Kier alpha value is -2.96.